The quantitative estimate of drug-likeness (QED) is 0.727. The Morgan fingerprint density at radius 1 is 1.24 bits per heavy atom. The third-order valence-corrected chi connectivity index (χ3v) is 2.41. The molecule has 0 radical (unpaired) electrons. The van der Waals surface area contributed by atoms with Gasteiger partial charge in [0.2, 0.25) is 0 Å². The summed E-state index contributed by atoms with van der Waals surface area (Å²) < 4.78 is 0. The fourth-order valence-electron chi connectivity index (χ4n) is 1.61. The predicted molar refractivity (Wildman–Crippen MR) is 68.9 cm³/mol. The van der Waals surface area contributed by atoms with Crippen molar-refractivity contribution in [2.45, 2.75) is 6.92 Å². The molecule has 2 nitrogen and oxygen atoms in total. The maximum Gasteiger partial charge on any atom is 0.101 e. The topological polar surface area (TPSA) is 36.7 Å². The van der Waals surface area contributed by atoms with E-state index in [1.54, 1.807) is 6.20 Å². The summed E-state index contributed by atoms with van der Waals surface area (Å²) in [5.41, 5.74) is 3.48. The van der Waals surface area contributed by atoms with Gasteiger partial charge in [-0.15, -0.1) is 0 Å². The first-order valence-corrected chi connectivity index (χ1v) is 5.39. The Morgan fingerprint density at radius 2 is 2.12 bits per heavy atom. The molecular formula is C15H12N2. The van der Waals surface area contributed by atoms with Gasteiger partial charge in [0, 0.05) is 6.20 Å². The molecule has 0 spiro atoms. The molecule has 0 N–H and O–H groups in total. The smallest absolute Gasteiger partial charge is 0.101 e. The summed E-state index contributed by atoms with van der Waals surface area (Å²) >= 11 is 0. The van der Waals surface area contributed by atoms with E-state index in [1.807, 2.05) is 55.5 Å². The van der Waals surface area contributed by atoms with Gasteiger partial charge in [-0.1, -0.05) is 35.9 Å². The van der Waals surface area contributed by atoms with Crippen molar-refractivity contribution < 1.29 is 0 Å². The van der Waals surface area contributed by atoms with Crippen molar-refractivity contribution in [3.63, 3.8) is 0 Å². The van der Waals surface area contributed by atoms with Crippen molar-refractivity contribution in [2.75, 3.05) is 0 Å². The maximum absolute atomic E-state index is 9.15. The molecule has 0 saturated heterocycles. The average Bonchev–Trinajstić information content (AvgIpc) is 2.37. The Balaban J connectivity index is 2.41. The molecular weight excluding hydrogens is 208 g/mol. The lowest BCUT2D eigenvalue weighted by Crippen LogP contribution is -1.86. The van der Waals surface area contributed by atoms with Gasteiger partial charge >= 0.3 is 0 Å². The molecule has 0 saturated carbocycles. The fraction of sp³-hybridized carbons (Fsp3) is 0.0667. The number of nitriles is 1. The van der Waals surface area contributed by atoms with Gasteiger partial charge in [0.05, 0.1) is 11.3 Å². The Morgan fingerprint density at radius 3 is 2.76 bits per heavy atom. The molecule has 82 valence electrons. The highest BCUT2D eigenvalue weighted by Crippen LogP contribution is 2.15. The molecule has 1 aromatic carbocycles. The molecule has 2 aromatic rings. The third kappa shape index (κ3) is 2.79. The lowest BCUT2D eigenvalue weighted by Gasteiger charge is -1.99. The van der Waals surface area contributed by atoms with Crippen LogP contribution in [0.1, 0.15) is 16.8 Å². The molecule has 2 rings (SSSR count). The van der Waals surface area contributed by atoms with E-state index in [9.17, 15) is 0 Å². The Hall–Kier alpha value is -2.40. The van der Waals surface area contributed by atoms with E-state index in [-0.39, 0.29) is 0 Å². The van der Waals surface area contributed by atoms with Gasteiger partial charge in [-0.3, -0.25) is 4.98 Å². The van der Waals surface area contributed by atoms with Crippen LogP contribution < -0.4 is 0 Å². The highest BCUT2D eigenvalue weighted by molar-refractivity contribution is 5.88. The molecule has 0 aliphatic heterocycles. The van der Waals surface area contributed by atoms with E-state index >= 15 is 0 Å². The van der Waals surface area contributed by atoms with Crippen molar-refractivity contribution in [3.05, 3.63) is 65.5 Å². The zero-order valence-corrected chi connectivity index (χ0v) is 9.59. The molecule has 0 atom stereocenters. The highest BCUT2D eigenvalue weighted by Gasteiger charge is 2.01. The van der Waals surface area contributed by atoms with Gasteiger partial charge in [-0.2, -0.15) is 5.26 Å². The summed E-state index contributed by atoms with van der Waals surface area (Å²) in [5.74, 6) is 0. The van der Waals surface area contributed by atoms with E-state index in [2.05, 4.69) is 11.1 Å². The van der Waals surface area contributed by atoms with Crippen LogP contribution in [0, 0.1) is 18.3 Å². The summed E-state index contributed by atoms with van der Waals surface area (Å²) in [4.78, 5) is 4.18. The molecule has 0 unspecified atom stereocenters. The van der Waals surface area contributed by atoms with Gasteiger partial charge in [0.15, 0.2) is 0 Å². The van der Waals surface area contributed by atoms with Crippen LogP contribution in [-0.2, 0) is 0 Å². The summed E-state index contributed by atoms with van der Waals surface area (Å²) in [7, 11) is 0. The maximum atomic E-state index is 9.15. The standard InChI is InChI=1S/C15H12N2/c1-12-5-4-6-13(9-12)10-14(11-16)15-7-2-3-8-17-15/h2-10H,1H3/b14-10+. The Kier molecular flexibility index (Phi) is 3.32. The number of rotatable bonds is 2. The van der Waals surface area contributed by atoms with Crippen molar-refractivity contribution in [3.8, 4) is 6.07 Å². The molecule has 0 fully saturated rings. The molecule has 1 aromatic heterocycles. The van der Waals surface area contributed by atoms with E-state index in [0.29, 0.717) is 11.3 Å². The van der Waals surface area contributed by atoms with Gasteiger partial charge in [-0.05, 0) is 30.7 Å². The van der Waals surface area contributed by atoms with Gasteiger partial charge in [-0.25, -0.2) is 0 Å². The largest absolute Gasteiger partial charge is 0.256 e. The fourth-order valence-corrected chi connectivity index (χ4v) is 1.61. The second-order valence-corrected chi connectivity index (χ2v) is 3.80. The van der Waals surface area contributed by atoms with Gasteiger partial charge < -0.3 is 0 Å². The Bertz CT molecular complexity index is 577. The van der Waals surface area contributed by atoms with Crippen LogP contribution >= 0.6 is 0 Å². The summed E-state index contributed by atoms with van der Waals surface area (Å²) in [6, 6.07) is 15.8. The van der Waals surface area contributed by atoms with Crippen molar-refractivity contribution >= 4 is 11.6 Å². The molecule has 2 heteroatoms. The second kappa shape index (κ2) is 5.09. The first-order chi connectivity index (χ1) is 8.29. The van der Waals surface area contributed by atoms with Crippen LogP contribution in [0.15, 0.2) is 48.7 Å². The van der Waals surface area contributed by atoms with Crippen LogP contribution in [0.3, 0.4) is 0 Å². The minimum absolute atomic E-state index is 0.580. The third-order valence-electron chi connectivity index (χ3n) is 2.41. The number of nitrogens with zero attached hydrogens (tertiary/aromatic N) is 2. The SMILES string of the molecule is Cc1cccc(/C=C(\C#N)c2ccccn2)c1. The number of benzene rings is 1. The summed E-state index contributed by atoms with van der Waals surface area (Å²) in [5, 5.41) is 9.15. The number of hydrogen-bond donors (Lipinski definition) is 0. The number of hydrogen-bond acceptors (Lipinski definition) is 2. The zero-order chi connectivity index (χ0) is 12.1. The zero-order valence-electron chi connectivity index (χ0n) is 9.59. The molecule has 0 aliphatic carbocycles. The molecule has 0 amide bonds. The minimum atomic E-state index is 0.580. The highest BCUT2D eigenvalue weighted by atomic mass is 14.7. The average molecular weight is 220 g/mol. The number of aryl methyl sites for hydroxylation is 1. The number of pyridine rings is 1. The number of aromatic nitrogens is 1. The van der Waals surface area contributed by atoms with Crippen LogP contribution in [0.4, 0.5) is 0 Å². The van der Waals surface area contributed by atoms with Gasteiger partial charge in [0.1, 0.15) is 6.07 Å². The van der Waals surface area contributed by atoms with Crippen molar-refractivity contribution in [1.29, 1.82) is 5.26 Å². The van der Waals surface area contributed by atoms with E-state index in [0.717, 1.165) is 5.56 Å². The van der Waals surface area contributed by atoms with Crippen LogP contribution in [-0.4, -0.2) is 4.98 Å². The first-order valence-electron chi connectivity index (χ1n) is 5.39. The molecule has 0 bridgehead atoms. The molecule has 1 heterocycles. The summed E-state index contributed by atoms with van der Waals surface area (Å²) in [6.07, 6.45) is 3.55. The Labute approximate surface area is 101 Å². The van der Waals surface area contributed by atoms with E-state index in [1.165, 1.54) is 5.56 Å². The van der Waals surface area contributed by atoms with Crippen molar-refractivity contribution in [1.82, 2.24) is 4.98 Å². The lowest BCUT2D eigenvalue weighted by atomic mass is 10.1. The lowest BCUT2D eigenvalue weighted by molar-refractivity contribution is 1.28. The van der Waals surface area contributed by atoms with E-state index in [4.69, 9.17) is 5.26 Å². The predicted octanol–water partition coefficient (Wildman–Crippen LogP) is 3.45. The second-order valence-electron chi connectivity index (χ2n) is 3.80. The minimum Gasteiger partial charge on any atom is -0.256 e. The van der Waals surface area contributed by atoms with Crippen LogP contribution in [0.2, 0.25) is 0 Å². The van der Waals surface area contributed by atoms with Crippen molar-refractivity contribution in [2.24, 2.45) is 0 Å². The van der Waals surface area contributed by atoms with E-state index < -0.39 is 0 Å². The van der Waals surface area contributed by atoms with Crippen LogP contribution in [0.25, 0.3) is 11.6 Å². The summed E-state index contributed by atoms with van der Waals surface area (Å²) in [6.45, 7) is 2.03. The first kappa shape index (κ1) is 11.1. The monoisotopic (exact) mass is 220 g/mol. The van der Waals surface area contributed by atoms with Gasteiger partial charge in [0.25, 0.3) is 0 Å². The number of allylic oxidation sites excluding steroid dienone is 1. The van der Waals surface area contributed by atoms with Crippen LogP contribution in [0.5, 0.6) is 0 Å². The molecule has 0 aliphatic rings. The molecule has 17 heavy (non-hydrogen) atoms. The normalized spacial score (nSPS) is 10.9.